The molecule has 1 atom stereocenters. The van der Waals surface area contributed by atoms with Gasteiger partial charge in [0.25, 0.3) is 5.91 Å². The number of aliphatic hydroxyl groups is 1. The maximum Gasteiger partial charge on any atom is 0.254 e. The number of carbonyl (C=O) groups excluding carboxylic acids is 2. The summed E-state index contributed by atoms with van der Waals surface area (Å²) in [5.41, 5.74) is -0.333. The van der Waals surface area contributed by atoms with Crippen LogP contribution in [0.2, 0.25) is 0 Å². The van der Waals surface area contributed by atoms with E-state index in [0.29, 0.717) is 30.9 Å². The van der Waals surface area contributed by atoms with Crippen LogP contribution >= 0.6 is 0 Å². The number of carbonyl (C=O) groups is 2. The Hall–Kier alpha value is -1.95. The fourth-order valence-electron chi connectivity index (χ4n) is 2.51. The second-order valence-electron chi connectivity index (χ2n) is 6.17. The molecule has 1 aliphatic carbocycles. The Morgan fingerprint density at radius 2 is 2.24 bits per heavy atom. The summed E-state index contributed by atoms with van der Waals surface area (Å²) in [4.78, 5) is 29.8. The molecule has 2 aliphatic rings. The average Bonchev–Trinajstić information content (AvgIpc) is 3.22. The molecule has 2 N–H and O–H groups in total. The fourth-order valence-corrected chi connectivity index (χ4v) is 2.51. The number of aromatic nitrogens is 1. The number of nitrogens with zero attached hydrogens (tertiary/aromatic N) is 2. The molecule has 0 spiro atoms. The predicted molar refractivity (Wildman–Crippen MR) is 76.7 cm³/mol. The van der Waals surface area contributed by atoms with Gasteiger partial charge in [-0.2, -0.15) is 0 Å². The zero-order chi connectivity index (χ0) is 15.0. The van der Waals surface area contributed by atoms with Crippen molar-refractivity contribution in [3.05, 3.63) is 23.9 Å². The predicted octanol–water partition coefficient (Wildman–Crippen LogP) is 1.03. The van der Waals surface area contributed by atoms with Gasteiger partial charge in [0, 0.05) is 30.8 Å². The van der Waals surface area contributed by atoms with Crippen LogP contribution in [0.4, 0.5) is 5.82 Å². The van der Waals surface area contributed by atoms with Crippen molar-refractivity contribution in [1.82, 2.24) is 9.88 Å². The van der Waals surface area contributed by atoms with E-state index in [4.69, 9.17) is 0 Å². The van der Waals surface area contributed by atoms with E-state index in [-0.39, 0.29) is 17.7 Å². The van der Waals surface area contributed by atoms with Crippen LogP contribution in [0.15, 0.2) is 18.3 Å². The highest BCUT2D eigenvalue weighted by atomic mass is 16.3. The maximum absolute atomic E-state index is 12.4. The van der Waals surface area contributed by atoms with E-state index < -0.39 is 5.60 Å². The molecule has 3 rings (SSSR count). The average molecular weight is 289 g/mol. The van der Waals surface area contributed by atoms with Gasteiger partial charge in [0.15, 0.2) is 0 Å². The molecule has 2 fully saturated rings. The number of β-amino-alcohol motifs (C(OH)–C–C–N with tert-alkyl or cyclic N) is 1. The van der Waals surface area contributed by atoms with Crippen LogP contribution in [0.5, 0.6) is 0 Å². The van der Waals surface area contributed by atoms with Crippen molar-refractivity contribution in [3.8, 4) is 0 Å². The maximum atomic E-state index is 12.4. The minimum absolute atomic E-state index is 0.0313. The number of amides is 2. The van der Waals surface area contributed by atoms with E-state index in [9.17, 15) is 14.7 Å². The minimum atomic E-state index is -0.814. The van der Waals surface area contributed by atoms with Crippen molar-refractivity contribution in [2.75, 3.05) is 18.4 Å². The molecule has 6 nitrogen and oxygen atoms in total. The van der Waals surface area contributed by atoms with Crippen LogP contribution in [-0.2, 0) is 4.79 Å². The first-order valence-corrected chi connectivity index (χ1v) is 7.23. The Balaban J connectivity index is 1.70. The van der Waals surface area contributed by atoms with E-state index in [1.807, 2.05) is 0 Å². The second-order valence-corrected chi connectivity index (χ2v) is 6.17. The van der Waals surface area contributed by atoms with Gasteiger partial charge < -0.3 is 15.3 Å². The largest absolute Gasteiger partial charge is 0.388 e. The lowest BCUT2D eigenvalue weighted by Crippen LogP contribution is -2.33. The van der Waals surface area contributed by atoms with E-state index in [0.717, 1.165) is 12.8 Å². The van der Waals surface area contributed by atoms with Crippen LogP contribution in [-0.4, -0.2) is 45.5 Å². The molecular weight excluding hydrogens is 270 g/mol. The molecular formula is C15H19N3O3. The smallest absolute Gasteiger partial charge is 0.254 e. The summed E-state index contributed by atoms with van der Waals surface area (Å²) in [5, 5.41) is 12.7. The molecule has 1 saturated heterocycles. The highest BCUT2D eigenvalue weighted by Crippen LogP contribution is 2.30. The highest BCUT2D eigenvalue weighted by molar-refractivity contribution is 5.97. The monoisotopic (exact) mass is 289 g/mol. The molecule has 1 unspecified atom stereocenters. The normalized spacial score (nSPS) is 25.0. The fraction of sp³-hybridized carbons (Fsp3) is 0.533. The first-order valence-electron chi connectivity index (χ1n) is 7.23. The molecule has 1 saturated carbocycles. The Morgan fingerprint density at radius 3 is 2.86 bits per heavy atom. The Bertz CT molecular complexity index is 581. The van der Waals surface area contributed by atoms with Crippen molar-refractivity contribution < 1.29 is 14.7 Å². The number of likely N-dealkylation sites (tertiary alicyclic amines) is 1. The molecule has 0 aromatic carbocycles. The van der Waals surface area contributed by atoms with Gasteiger partial charge >= 0.3 is 0 Å². The van der Waals surface area contributed by atoms with E-state index in [2.05, 4.69) is 10.3 Å². The minimum Gasteiger partial charge on any atom is -0.388 e. The molecule has 6 heteroatoms. The van der Waals surface area contributed by atoms with Gasteiger partial charge in [-0.1, -0.05) is 0 Å². The zero-order valence-electron chi connectivity index (χ0n) is 12.0. The molecule has 0 bridgehead atoms. The summed E-state index contributed by atoms with van der Waals surface area (Å²) in [6, 6.07) is 3.22. The standard InChI is InChI=1S/C15H19N3O3/c1-15(21)5-7-18(9-15)14(20)11-4-6-16-12(8-11)17-13(19)10-2-3-10/h4,6,8,10,21H,2-3,5,7,9H2,1H3,(H,16,17,19). The van der Waals surface area contributed by atoms with Gasteiger partial charge in [0.2, 0.25) is 5.91 Å². The molecule has 1 aromatic rings. The van der Waals surface area contributed by atoms with Gasteiger partial charge in [-0.05, 0) is 38.3 Å². The molecule has 2 amide bonds. The van der Waals surface area contributed by atoms with Crippen LogP contribution in [0.3, 0.4) is 0 Å². The SMILES string of the molecule is CC1(O)CCN(C(=O)c2ccnc(NC(=O)C3CC3)c2)C1. The molecule has 2 heterocycles. The van der Waals surface area contributed by atoms with Gasteiger partial charge in [-0.25, -0.2) is 4.98 Å². The molecule has 0 radical (unpaired) electrons. The summed E-state index contributed by atoms with van der Waals surface area (Å²) >= 11 is 0. The topological polar surface area (TPSA) is 82.5 Å². The van der Waals surface area contributed by atoms with E-state index in [1.165, 1.54) is 6.20 Å². The third-order valence-electron chi connectivity index (χ3n) is 3.95. The third-order valence-corrected chi connectivity index (χ3v) is 3.95. The molecule has 21 heavy (non-hydrogen) atoms. The highest BCUT2D eigenvalue weighted by Gasteiger charge is 2.34. The lowest BCUT2D eigenvalue weighted by Gasteiger charge is -2.19. The van der Waals surface area contributed by atoms with Gasteiger partial charge in [0.1, 0.15) is 5.82 Å². The van der Waals surface area contributed by atoms with Gasteiger partial charge in [0.05, 0.1) is 5.60 Å². The van der Waals surface area contributed by atoms with Crippen LogP contribution in [0, 0.1) is 5.92 Å². The van der Waals surface area contributed by atoms with Crippen LogP contribution in [0.25, 0.3) is 0 Å². The van der Waals surface area contributed by atoms with Gasteiger partial charge in [-0.15, -0.1) is 0 Å². The number of pyridine rings is 1. The summed E-state index contributed by atoms with van der Waals surface area (Å²) in [5.74, 6) is 0.330. The second kappa shape index (κ2) is 5.11. The Kier molecular flexibility index (Phi) is 3.41. The summed E-state index contributed by atoms with van der Waals surface area (Å²) < 4.78 is 0. The summed E-state index contributed by atoms with van der Waals surface area (Å²) in [7, 11) is 0. The third kappa shape index (κ3) is 3.21. The van der Waals surface area contributed by atoms with Gasteiger partial charge in [-0.3, -0.25) is 9.59 Å². The van der Waals surface area contributed by atoms with E-state index in [1.54, 1.807) is 24.0 Å². The molecule has 112 valence electrons. The lowest BCUT2D eigenvalue weighted by molar-refractivity contribution is -0.117. The number of rotatable bonds is 3. The van der Waals surface area contributed by atoms with E-state index >= 15 is 0 Å². The first kappa shape index (κ1) is 14.0. The number of hydrogen-bond acceptors (Lipinski definition) is 4. The van der Waals surface area contributed by atoms with Crippen molar-refractivity contribution >= 4 is 17.6 Å². The molecule has 1 aromatic heterocycles. The number of nitrogens with one attached hydrogen (secondary N) is 1. The number of anilines is 1. The Labute approximate surface area is 123 Å². The van der Waals surface area contributed by atoms with Crippen molar-refractivity contribution in [3.63, 3.8) is 0 Å². The van der Waals surface area contributed by atoms with Crippen LogP contribution < -0.4 is 5.32 Å². The van der Waals surface area contributed by atoms with Crippen LogP contribution in [0.1, 0.15) is 36.5 Å². The zero-order valence-corrected chi connectivity index (χ0v) is 12.0. The van der Waals surface area contributed by atoms with Crippen molar-refractivity contribution in [2.45, 2.75) is 31.8 Å². The molecule has 1 aliphatic heterocycles. The first-order chi connectivity index (χ1) is 9.94. The lowest BCUT2D eigenvalue weighted by atomic mass is 10.1. The quantitative estimate of drug-likeness (QED) is 0.870. The summed E-state index contributed by atoms with van der Waals surface area (Å²) in [6.45, 7) is 2.60. The van der Waals surface area contributed by atoms with Crippen molar-refractivity contribution in [1.29, 1.82) is 0 Å². The summed E-state index contributed by atoms with van der Waals surface area (Å²) in [6.07, 6.45) is 3.94. The Morgan fingerprint density at radius 1 is 1.48 bits per heavy atom. The van der Waals surface area contributed by atoms with Crippen molar-refractivity contribution in [2.24, 2.45) is 5.92 Å². The number of hydrogen-bond donors (Lipinski definition) is 2.